The Kier molecular flexibility index (Phi) is 9.56. The van der Waals surface area contributed by atoms with Crippen molar-refractivity contribution >= 4 is 35.6 Å². The van der Waals surface area contributed by atoms with E-state index in [-0.39, 0.29) is 27.3 Å². The van der Waals surface area contributed by atoms with Gasteiger partial charge in [0.25, 0.3) is 0 Å². The molecule has 0 aromatic rings. The molecule has 3 nitrogen and oxygen atoms in total. The Morgan fingerprint density at radius 1 is 1.40 bits per heavy atom. The van der Waals surface area contributed by atoms with E-state index < -0.39 is 8.25 Å². The number of rotatable bonds is 0. The maximum atomic E-state index is 8.74. The van der Waals surface area contributed by atoms with Gasteiger partial charge in [-0.15, -0.1) is 0 Å². The summed E-state index contributed by atoms with van der Waals surface area (Å²) < 4.78 is 8.74. The van der Waals surface area contributed by atoms with Crippen LogP contribution >= 0.6 is 8.25 Å². The molecule has 0 fully saturated rings. The third kappa shape index (κ3) is 41.6. The zero-order valence-electron chi connectivity index (χ0n) is 2.38. The first-order valence-electron chi connectivity index (χ1n) is 0.651. The standard InChI is InChI=1S/H3O3P.Pb.H/c1-4(2)3;;/h4H,(H2,1,2,3);;. The molecule has 0 unspecified atom stereocenters. The molecule has 0 atom stereocenters. The summed E-state index contributed by atoms with van der Waals surface area (Å²) >= 11 is 0. The molecule has 31 valence electrons. The maximum absolute atomic E-state index is 8.74. The topological polar surface area (TPSA) is 57.5 Å². The van der Waals surface area contributed by atoms with E-state index in [9.17, 15) is 0 Å². The van der Waals surface area contributed by atoms with Crippen molar-refractivity contribution in [2.45, 2.75) is 0 Å². The van der Waals surface area contributed by atoms with Crippen LogP contribution in [-0.4, -0.2) is 37.1 Å². The summed E-state index contributed by atoms with van der Waals surface area (Å²) in [6, 6.07) is 0. The summed E-state index contributed by atoms with van der Waals surface area (Å²) in [6.45, 7) is 0. The van der Waals surface area contributed by atoms with Crippen LogP contribution in [-0.2, 0) is 4.57 Å². The molecule has 0 aromatic carbocycles. The summed E-state index contributed by atoms with van der Waals surface area (Å²) in [6.07, 6.45) is 0. The average Bonchev–Trinajstić information content (AvgIpc) is 0.811. The molecule has 0 aliphatic rings. The second-order valence-electron chi connectivity index (χ2n) is 0.283. The van der Waals surface area contributed by atoms with Crippen molar-refractivity contribution in [2.24, 2.45) is 0 Å². The SMILES string of the molecule is O=[PH](O)O.[PbH]. The molecule has 0 amide bonds. The van der Waals surface area contributed by atoms with E-state index in [1.165, 1.54) is 0 Å². The fraction of sp³-hybridized carbons (Fsp3) is 0. The van der Waals surface area contributed by atoms with Gasteiger partial charge < -0.3 is 9.79 Å². The van der Waals surface area contributed by atoms with E-state index in [2.05, 4.69) is 0 Å². The molecular formula is H4O3PPb. The second-order valence-corrected chi connectivity index (χ2v) is 0.848. The molecular weight excluding hydrogens is 286 g/mol. The first-order valence-corrected chi connectivity index (χ1v) is 1.95. The van der Waals surface area contributed by atoms with Crippen LogP contribution in [0.3, 0.4) is 0 Å². The Morgan fingerprint density at radius 3 is 1.40 bits per heavy atom. The molecule has 0 aromatic heterocycles. The van der Waals surface area contributed by atoms with Crippen LogP contribution in [0.25, 0.3) is 0 Å². The minimum absolute atomic E-state index is 0. The molecule has 0 aliphatic carbocycles. The van der Waals surface area contributed by atoms with Crippen molar-refractivity contribution in [3.05, 3.63) is 0 Å². The van der Waals surface area contributed by atoms with Gasteiger partial charge in [-0.25, -0.2) is 0 Å². The van der Waals surface area contributed by atoms with Gasteiger partial charge in [-0.3, -0.25) is 4.57 Å². The van der Waals surface area contributed by atoms with Gasteiger partial charge in [0.15, 0.2) is 0 Å². The van der Waals surface area contributed by atoms with Gasteiger partial charge in [-0.1, -0.05) is 0 Å². The molecule has 0 bridgehead atoms. The van der Waals surface area contributed by atoms with E-state index in [1.807, 2.05) is 0 Å². The van der Waals surface area contributed by atoms with Gasteiger partial charge in [0, 0.05) is 0 Å². The summed E-state index contributed by atoms with van der Waals surface area (Å²) in [5.74, 6) is 0. The van der Waals surface area contributed by atoms with Crippen LogP contribution < -0.4 is 0 Å². The van der Waals surface area contributed by atoms with Crippen LogP contribution in [0, 0.1) is 0 Å². The normalized spacial score (nSPS) is 7.00. The Morgan fingerprint density at radius 2 is 1.40 bits per heavy atom. The molecule has 5 heavy (non-hydrogen) atoms. The van der Waals surface area contributed by atoms with Gasteiger partial charge >= 0.3 is 35.6 Å². The predicted molar refractivity (Wildman–Crippen MR) is 20.6 cm³/mol. The Bertz CT molecular complexity index is 29.9. The minimum atomic E-state index is -3.13. The van der Waals surface area contributed by atoms with Crippen molar-refractivity contribution in [3.63, 3.8) is 0 Å². The van der Waals surface area contributed by atoms with Crippen LogP contribution in [0.1, 0.15) is 0 Å². The summed E-state index contributed by atoms with van der Waals surface area (Å²) in [4.78, 5) is 14.3. The molecule has 0 saturated carbocycles. The molecule has 0 aliphatic heterocycles. The monoisotopic (exact) mass is 291 g/mol. The van der Waals surface area contributed by atoms with Gasteiger partial charge in [0.05, 0.1) is 0 Å². The van der Waals surface area contributed by atoms with Gasteiger partial charge in [-0.05, 0) is 0 Å². The molecule has 0 rings (SSSR count). The van der Waals surface area contributed by atoms with Crippen molar-refractivity contribution in [1.82, 2.24) is 0 Å². The Balaban J connectivity index is 0. The van der Waals surface area contributed by atoms with E-state index in [0.29, 0.717) is 0 Å². The molecule has 0 spiro atoms. The third-order valence-corrected chi connectivity index (χ3v) is 0. The first kappa shape index (κ1) is 9.42. The van der Waals surface area contributed by atoms with Crippen LogP contribution in [0.5, 0.6) is 0 Å². The fourth-order valence-corrected chi connectivity index (χ4v) is 0. The van der Waals surface area contributed by atoms with Gasteiger partial charge in [0.2, 0.25) is 0 Å². The number of hydrogen-bond donors (Lipinski definition) is 2. The quantitative estimate of drug-likeness (QED) is 0.431. The molecule has 3 radical (unpaired) electrons. The molecule has 2 N–H and O–H groups in total. The van der Waals surface area contributed by atoms with Gasteiger partial charge in [0.1, 0.15) is 0 Å². The average molecular weight is 290 g/mol. The van der Waals surface area contributed by atoms with Crippen LogP contribution in [0.4, 0.5) is 0 Å². The molecule has 0 saturated heterocycles. The first-order chi connectivity index (χ1) is 1.73. The summed E-state index contributed by atoms with van der Waals surface area (Å²) in [5, 5.41) is 0. The van der Waals surface area contributed by atoms with Crippen molar-refractivity contribution in [1.29, 1.82) is 0 Å². The fourth-order valence-electron chi connectivity index (χ4n) is 0. The van der Waals surface area contributed by atoms with E-state index >= 15 is 0 Å². The Hall–Kier alpha value is 1.07. The summed E-state index contributed by atoms with van der Waals surface area (Å²) in [5.41, 5.74) is 0. The second kappa shape index (κ2) is 5.07. The van der Waals surface area contributed by atoms with Crippen molar-refractivity contribution < 1.29 is 14.4 Å². The number of hydrogen-bond acceptors (Lipinski definition) is 1. The Labute approximate surface area is 50.1 Å². The van der Waals surface area contributed by atoms with E-state index in [0.717, 1.165) is 0 Å². The van der Waals surface area contributed by atoms with Crippen molar-refractivity contribution in [3.8, 4) is 0 Å². The predicted octanol–water partition coefficient (Wildman–Crippen LogP) is -1.29. The van der Waals surface area contributed by atoms with Gasteiger partial charge in [-0.2, -0.15) is 0 Å². The zero-order valence-corrected chi connectivity index (χ0v) is 7.87. The molecule has 5 heteroatoms. The zero-order chi connectivity index (χ0) is 3.58. The van der Waals surface area contributed by atoms with E-state index in [1.54, 1.807) is 0 Å². The molecule has 0 heterocycles. The van der Waals surface area contributed by atoms with Crippen LogP contribution in [0.2, 0.25) is 0 Å². The van der Waals surface area contributed by atoms with E-state index in [4.69, 9.17) is 14.4 Å². The van der Waals surface area contributed by atoms with Crippen LogP contribution in [0.15, 0.2) is 0 Å². The summed E-state index contributed by atoms with van der Waals surface area (Å²) in [7, 11) is -3.13. The third-order valence-electron chi connectivity index (χ3n) is 0. The van der Waals surface area contributed by atoms with Crippen molar-refractivity contribution in [2.75, 3.05) is 0 Å².